The number of hydrogen-bond donors (Lipinski definition) is 2. The van der Waals surface area contributed by atoms with E-state index in [1.807, 2.05) is 31.2 Å². The average Bonchev–Trinajstić information content (AvgIpc) is 2.93. The molecule has 1 fully saturated rings. The number of esters is 1. The molecule has 1 saturated heterocycles. The lowest BCUT2D eigenvalue weighted by Crippen LogP contribution is -2.60. The van der Waals surface area contributed by atoms with Crippen LogP contribution in [0.5, 0.6) is 5.75 Å². The number of nitrogens with one attached hydrogen (secondary N) is 2. The number of benzene rings is 1. The van der Waals surface area contributed by atoms with Gasteiger partial charge in [-0.2, -0.15) is 0 Å². The first-order valence-corrected chi connectivity index (χ1v) is 9.16. The first-order valence-electron chi connectivity index (χ1n) is 8.28. The van der Waals surface area contributed by atoms with Crippen LogP contribution in [0, 0.1) is 5.92 Å². The molecule has 2 N–H and O–H groups in total. The lowest BCUT2D eigenvalue weighted by molar-refractivity contribution is -0.137. The largest absolute Gasteiger partial charge is 0.496 e. The van der Waals surface area contributed by atoms with E-state index in [0.717, 1.165) is 16.9 Å². The van der Waals surface area contributed by atoms with E-state index in [4.69, 9.17) is 9.47 Å². The molecule has 2 aliphatic rings. The van der Waals surface area contributed by atoms with E-state index in [0.29, 0.717) is 17.9 Å². The van der Waals surface area contributed by atoms with Crippen LogP contribution in [0.25, 0.3) is 0 Å². The fourth-order valence-electron chi connectivity index (χ4n) is 3.23. The predicted molar refractivity (Wildman–Crippen MR) is 96.0 cm³/mol. The highest BCUT2D eigenvalue weighted by molar-refractivity contribution is 8.04. The van der Waals surface area contributed by atoms with Gasteiger partial charge in [0.1, 0.15) is 5.75 Å². The molecule has 1 aromatic rings. The van der Waals surface area contributed by atoms with E-state index >= 15 is 0 Å². The summed E-state index contributed by atoms with van der Waals surface area (Å²) in [5.74, 6) is 0.0304. The van der Waals surface area contributed by atoms with E-state index in [9.17, 15) is 9.59 Å². The van der Waals surface area contributed by atoms with Crippen molar-refractivity contribution in [3.05, 3.63) is 40.3 Å². The van der Waals surface area contributed by atoms with Crippen molar-refractivity contribution in [2.45, 2.75) is 31.8 Å². The van der Waals surface area contributed by atoms with Crippen molar-refractivity contribution < 1.29 is 19.1 Å². The van der Waals surface area contributed by atoms with E-state index in [2.05, 4.69) is 10.6 Å². The van der Waals surface area contributed by atoms with E-state index in [-0.39, 0.29) is 29.3 Å². The number of rotatable bonds is 5. The number of methoxy groups -OCH3 is 1. The van der Waals surface area contributed by atoms with Gasteiger partial charge >= 0.3 is 5.97 Å². The van der Waals surface area contributed by atoms with Gasteiger partial charge in [0.05, 0.1) is 36.1 Å². The van der Waals surface area contributed by atoms with Crippen LogP contribution in [0.3, 0.4) is 0 Å². The number of thioether (sulfide) groups is 1. The van der Waals surface area contributed by atoms with Crippen molar-refractivity contribution in [2.75, 3.05) is 13.7 Å². The molecule has 0 radical (unpaired) electrons. The first kappa shape index (κ1) is 17.8. The summed E-state index contributed by atoms with van der Waals surface area (Å²) in [6.07, 6.45) is 0.389. The molecule has 3 unspecified atom stereocenters. The summed E-state index contributed by atoms with van der Waals surface area (Å²) in [6.45, 7) is 3.92. The van der Waals surface area contributed by atoms with Crippen LogP contribution < -0.4 is 15.4 Å². The number of hydrogen-bond acceptors (Lipinski definition) is 6. The maximum Gasteiger partial charge on any atom is 0.344 e. The zero-order chi connectivity index (χ0) is 18.0. The molecular weight excluding hydrogens is 340 g/mol. The first-order chi connectivity index (χ1) is 12.0. The predicted octanol–water partition coefficient (Wildman–Crippen LogP) is 1.81. The second kappa shape index (κ2) is 7.49. The number of carbonyl (C=O) groups is 2. The summed E-state index contributed by atoms with van der Waals surface area (Å²) >= 11 is 1.38. The molecule has 2 aliphatic heterocycles. The minimum Gasteiger partial charge on any atom is -0.496 e. The van der Waals surface area contributed by atoms with Gasteiger partial charge in [0, 0.05) is 6.42 Å². The highest BCUT2D eigenvalue weighted by Crippen LogP contribution is 2.43. The second-order valence-corrected chi connectivity index (χ2v) is 7.14. The fourth-order valence-corrected chi connectivity index (χ4v) is 4.65. The van der Waals surface area contributed by atoms with Gasteiger partial charge in [-0.05, 0) is 31.1 Å². The molecule has 3 rings (SSSR count). The summed E-state index contributed by atoms with van der Waals surface area (Å²) < 4.78 is 10.5. The molecule has 1 aromatic carbocycles. The molecule has 0 aromatic heterocycles. The molecule has 0 aliphatic carbocycles. The lowest BCUT2D eigenvalue weighted by Gasteiger charge is -2.34. The van der Waals surface area contributed by atoms with Gasteiger partial charge in [0.2, 0.25) is 5.91 Å². The Morgan fingerprint density at radius 3 is 2.80 bits per heavy atom. The molecule has 3 atom stereocenters. The highest BCUT2D eigenvalue weighted by atomic mass is 32.2. The van der Waals surface area contributed by atoms with Crippen LogP contribution in [0.2, 0.25) is 0 Å². The SMILES string of the molecule is CCOC(=O)C1=C(C)C2C(=O)NC(Cc3ccccc3OC)NC2S1. The van der Waals surface area contributed by atoms with Crippen LogP contribution in [0.1, 0.15) is 19.4 Å². The Morgan fingerprint density at radius 2 is 2.08 bits per heavy atom. The monoisotopic (exact) mass is 362 g/mol. The summed E-state index contributed by atoms with van der Waals surface area (Å²) in [5.41, 5.74) is 1.79. The Balaban J connectivity index is 1.73. The maximum atomic E-state index is 12.6. The Labute approximate surface area is 151 Å². The molecule has 1 amide bonds. The van der Waals surface area contributed by atoms with Crippen molar-refractivity contribution in [2.24, 2.45) is 5.92 Å². The summed E-state index contributed by atoms with van der Waals surface area (Å²) in [6, 6.07) is 7.74. The third kappa shape index (κ3) is 3.52. The molecule has 0 bridgehead atoms. The third-order valence-electron chi connectivity index (χ3n) is 4.41. The van der Waals surface area contributed by atoms with Gasteiger partial charge in [-0.15, -0.1) is 0 Å². The van der Waals surface area contributed by atoms with Crippen LogP contribution in [-0.4, -0.2) is 37.1 Å². The minimum atomic E-state index is -0.352. The quantitative estimate of drug-likeness (QED) is 0.778. The van der Waals surface area contributed by atoms with Gasteiger partial charge < -0.3 is 14.8 Å². The van der Waals surface area contributed by atoms with Crippen molar-refractivity contribution >= 4 is 23.6 Å². The summed E-state index contributed by atoms with van der Waals surface area (Å²) in [5, 5.41) is 6.27. The summed E-state index contributed by atoms with van der Waals surface area (Å²) in [7, 11) is 1.63. The smallest absolute Gasteiger partial charge is 0.344 e. The molecule has 0 spiro atoms. The lowest BCUT2D eigenvalue weighted by atomic mass is 9.95. The number of carbonyl (C=O) groups excluding carboxylic acids is 2. The van der Waals surface area contributed by atoms with E-state index in [1.54, 1.807) is 14.0 Å². The van der Waals surface area contributed by atoms with Gasteiger partial charge in [0.15, 0.2) is 0 Å². The second-order valence-electron chi connectivity index (χ2n) is 5.99. The topological polar surface area (TPSA) is 76.7 Å². The highest BCUT2D eigenvalue weighted by Gasteiger charge is 2.45. The third-order valence-corrected chi connectivity index (χ3v) is 5.80. The number of amides is 1. The van der Waals surface area contributed by atoms with Crippen LogP contribution >= 0.6 is 11.8 Å². The zero-order valence-electron chi connectivity index (χ0n) is 14.5. The normalized spacial score (nSPS) is 25.4. The Morgan fingerprint density at radius 1 is 1.32 bits per heavy atom. The van der Waals surface area contributed by atoms with E-state index < -0.39 is 0 Å². The maximum absolute atomic E-state index is 12.6. The zero-order valence-corrected chi connectivity index (χ0v) is 15.3. The van der Waals surface area contributed by atoms with Crippen molar-refractivity contribution in [3.63, 3.8) is 0 Å². The van der Waals surface area contributed by atoms with Crippen LogP contribution in [0.4, 0.5) is 0 Å². The van der Waals surface area contributed by atoms with Crippen molar-refractivity contribution in [1.29, 1.82) is 0 Å². The molecule has 25 heavy (non-hydrogen) atoms. The Hall–Kier alpha value is -1.99. The number of fused-ring (bicyclic) bond motifs is 1. The molecule has 6 nitrogen and oxygen atoms in total. The standard InChI is InChI=1S/C18H22N2O4S/c1-4-24-18(22)15-10(2)14-16(21)19-13(20-17(14)25-15)9-11-7-5-6-8-12(11)23-3/h5-8,13-14,17,20H,4,9H2,1-3H3,(H,19,21). The van der Waals surface area contributed by atoms with Gasteiger partial charge in [0.25, 0.3) is 0 Å². The molecule has 0 saturated carbocycles. The molecule has 7 heteroatoms. The molecule has 134 valence electrons. The number of ether oxygens (including phenoxy) is 2. The van der Waals surface area contributed by atoms with Crippen molar-refractivity contribution in [1.82, 2.24) is 10.6 Å². The Kier molecular flexibility index (Phi) is 5.34. The number of para-hydroxylation sites is 1. The summed E-state index contributed by atoms with van der Waals surface area (Å²) in [4.78, 5) is 25.2. The van der Waals surface area contributed by atoms with Crippen molar-refractivity contribution in [3.8, 4) is 5.75 Å². The average molecular weight is 362 g/mol. The van der Waals surface area contributed by atoms with E-state index in [1.165, 1.54) is 11.8 Å². The fraction of sp³-hybridized carbons (Fsp3) is 0.444. The Bertz CT molecular complexity index is 719. The van der Waals surface area contributed by atoms with Crippen LogP contribution in [-0.2, 0) is 20.7 Å². The van der Waals surface area contributed by atoms with Crippen LogP contribution in [0.15, 0.2) is 34.7 Å². The molecule has 2 heterocycles. The van der Waals surface area contributed by atoms with Gasteiger partial charge in [-0.25, -0.2) is 4.79 Å². The van der Waals surface area contributed by atoms with Gasteiger partial charge in [-0.3, -0.25) is 10.1 Å². The van der Waals surface area contributed by atoms with Gasteiger partial charge in [-0.1, -0.05) is 30.0 Å². The minimum absolute atomic E-state index is 0.0621. The molecular formula is C18H22N2O4S.